The lowest BCUT2D eigenvalue weighted by atomic mass is 10.3. The van der Waals surface area contributed by atoms with E-state index in [2.05, 4.69) is 27.9 Å². The summed E-state index contributed by atoms with van der Waals surface area (Å²) in [5.41, 5.74) is 0.584. The van der Waals surface area contributed by atoms with Crippen molar-refractivity contribution in [3.63, 3.8) is 0 Å². The largest absolute Gasteiger partial charge is 0.484 e. The number of rotatable bonds is 4. The molecule has 0 radical (unpaired) electrons. The van der Waals surface area contributed by atoms with Crippen LogP contribution in [0.15, 0.2) is 48.5 Å². The number of amides is 1. The lowest BCUT2D eigenvalue weighted by molar-refractivity contribution is -0.118. The summed E-state index contributed by atoms with van der Waals surface area (Å²) in [5.74, 6) is 0.418. The maximum absolute atomic E-state index is 11.7. The minimum Gasteiger partial charge on any atom is -0.484 e. The Hall–Kier alpha value is -1.27. The molecule has 0 heterocycles. The van der Waals surface area contributed by atoms with Crippen molar-refractivity contribution in [2.24, 2.45) is 0 Å². The first-order valence-electron chi connectivity index (χ1n) is 5.58. The van der Waals surface area contributed by atoms with Crippen molar-refractivity contribution in [2.45, 2.75) is 0 Å². The average molecular weight is 388 g/mol. The predicted molar refractivity (Wildman–Crippen MR) is 84.7 cm³/mol. The summed E-state index contributed by atoms with van der Waals surface area (Å²) in [5, 5.41) is 3.20. The molecule has 2 aromatic rings. The molecule has 0 bridgehead atoms. The van der Waals surface area contributed by atoms with Crippen LogP contribution < -0.4 is 10.1 Å². The van der Waals surface area contributed by atoms with Gasteiger partial charge in [-0.05, 0) is 59.0 Å². The van der Waals surface area contributed by atoms with E-state index in [1.807, 2.05) is 30.3 Å². The second-order valence-corrected chi connectivity index (χ2v) is 5.42. The minimum absolute atomic E-state index is 0.0498. The average Bonchev–Trinajstić information content (AvgIpc) is 2.41. The molecule has 0 aliphatic carbocycles. The topological polar surface area (TPSA) is 38.3 Å². The highest BCUT2D eigenvalue weighted by atomic mass is 127. The summed E-state index contributed by atoms with van der Waals surface area (Å²) >= 11 is 8.15. The summed E-state index contributed by atoms with van der Waals surface area (Å²) in [7, 11) is 0. The monoisotopic (exact) mass is 387 g/mol. The highest BCUT2D eigenvalue weighted by Gasteiger charge is 2.06. The van der Waals surface area contributed by atoms with Crippen LogP contribution >= 0.6 is 34.2 Å². The molecule has 5 heteroatoms. The first-order valence-corrected chi connectivity index (χ1v) is 7.03. The molecule has 0 saturated carbocycles. The maximum atomic E-state index is 11.7. The molecule has 0 aliphatic heterocycles. The van der Waals surface area contributed by atoms with E-state index >= 15 is 0 Å². The molecule has 0 aromatic heterocycles. The molecule has 0 saturated heterocycles. The molecular formula is C14H11ClINO2. The Morgan fingerprint density at radius 2 is 1.84 bits per heavy atom. The molecule has 19 heavy (non-hydrogen) atoms. The SMILES string of the molecule is O=C(COc1ccc(I)cc1)Nc1ccccc1Cl. The molecular weight excluding hydrogens is 377 g/mol. The molecule has 98 valence electrons. The number of ether oxygens (including phenoxy) is 1. The fourth-order valence-electron chi connectivity index (χ4n) is 1.43. The third-order valence-corrected chi connectivity index (χ3v) is 3.38. The highest BCUT2D eigenvalue weighted by molar-refractivity contribution is 14.1. The van der Waals surface area contributed by atoms with Gasteiger partial charge in [0.2, 0.25) is 0 Å². The lowest BCUT2D eigenvalue weighted by Gasteiger charge is -2.08. The van der Waals surface area contributed by atoms with Crippen LogP contribution in [0.4, 0.5) is 5.69 Å². The number of hydrogen-bond acceptors (Lipinski definition) is 2. The van der Waals surface area contributed by atoms with Gasteiger partial charge in [-0.1, -0.05) is 23.7 Å². The first kappa shape index (κ1) is 14.1. The van der Waals surface area contributed by atoms with Crippen LogP contribution in [0.25, 0.3) is 0 Å². The summed E-state index contributed by atoms with van der Waals surface area (Å²) in [4.78, 5) is 11.7. The third kappa shape index (κ3) is 4.40. The first-order chi connectivity index (χ1) is 9.15. The van der Waals surface area contributed by atoms with Crippen LogP contribution in [-0.2, 0) is 4.79 Å². The van der Waals surface area contributed by atoms with E-state index in [0.717, 1.165) is 3.57 Å². The van der Waals surface area contributed by atoms with Gasteiger partial charge in [0, 0.05) is 3.57 Å². The highest BCUT2D eigenvalue weighted by Crippen LogP contribution is 2.20. The number of carbonyl (C=O) groups excluding carboxylic acids is 1. The van der Waals surface area contributed by atoms with Crippen LogP contribution in [0.2, 0.25) is 5.02 Å². The van der Waals surface area contributed by atoms with E-state index in [-0.39, 0.29) is 12.5 Å². The maximum Gasteiger partial charge on any atom is 0.262 e. The standard InChI is InChI=1S/C14H11ClINO2/c15-12-3-1-2-4-13(12)17-14(18)9-19-11-7-5-10(16)6-8-11/h1-8H,9H2,(H,17,18). The third-order valence-electron chi connectivity index (χ3n) is 2.33. The molecule has 1 amide bonds. The van der Waals surface area contributed by atoms with E-state index in [9.17, 15) is 4.79 Å². The van der Waals surface area contributed by atoms with Gasteiger partial charge < -0.3 is 10.1 Å². The van der Waals surface area contributed by atoms with Gasteiger partial charge in [0.25, 0.3) is 5.91 Å². The number of para-hydroxylation sites is 1. The number of anilines is 1. The Kier molecular flexibility index (Phi) is 5.04. The second kappa shape index (κ2) is 6.77. The van der Waals surface area contributed by atoms with Crippen molar-refractivity contribution in [1.82, 2.24) is 0 Å². The molecule has 0 aliphatic rings. The summed E-state index contributed by atoms with van der Waals surface area (Å²) in [6.07, 6.45) is 0. The Balaban J connectivity index is 1.88. The Bertz CT molecular complexity index is 572. The normalized spacial score (nSPS) is 10.0. The molecule has 3 nitrogen and oxygen atoms in total. The second-order valence-electron chi connectivity index (χ2n) is 3.77. The molecule has 0 fully saturated rings. The fourth-order valence-corrected chi connectivity index (χ4v) is 1.97. The number of nitrogens with one attached hydrogen (secondary N) is 1. The minimum atomic E-state index is -0.244. The van der Waals surface area contributed by atoms with E-state index in [0.29, 0.717) is 16.5 Å². The van der Waals surface area contributed by atoms with Gasteiger partial charge in [-0.3, -0.25) is 4.79 Å². The summed E-state index contributed by atoms with van der Waals surface area (Å²) in [6.45, 7) is -0.0498. The van der Waals surface area contributed by atoms with Crippen molar-refractivity contribution < 1.29 is 9.53 Å². The molecule has 0 atom stereocenters. The van der Waals surface area contributed by atoms with Crippen LogP contribution in [0.3, 0.4) is 0 Å². The zero-order valence-electron chi connectivity index (χ0n) is 9.90. The van der Waals surface area contributed by atoms with Crippen molar-refractivity contribution in [3.05, 3.63) is 57.1 Å². The van der Waals surface area contributed by atoms with Gasteiger partial charge in [-0.2, -0.15) is 0 Å². The molecule has 2 aromatic carbocycles. The zero-order chi connectivity index (χ0) is 13.7. The number of halogens is 2. The Morgan fingerprint density at radius 1 is 1.16 bits per heavy atom. The quantitative estimate of drug-likeness (QED) is 0.807. The van der Waals surface area contributed by atoms with E-state index in [4.69, 9.17) is 16.3 Å². The van der Waals surface area contributed by atoms with Gasteiger partial charge in [0.1, 0.15) is 5.75 Å². The molecule has 0 spiro atoms. The van der Waals surface area contributed by atoms with Gasteiger partial charge >= 0.3 is 0 Å². The van der Waals surface area contributed by atoms with Crippen LogP contribution in [0.1, 0.15) is 0 Å². The molecule has 0 unspecified atom stereocenters. The number of hydrogen-bond donors (Lipinski definition) is 1. The Morgan fingerprint density at radius 3 is 2.53 bits per heavy atom. The lowest BCUT2D eigenvalue weighted by Crippen LogP contribution is -2.20. The van der Waals surface area contributed by atoms with Crippen LogP contribution in [-0.4, -0.2) is 12.5 Å². The van der Waals surface area contributed by atoms with Crippen LogP contribution in [0.5, 0.6) is 5.75 Å². The van der Waals surface area contributed by atoms with Gasteiger partial charge in [-0.25, -0.2) is 0 Å². The van der Waals surface area contributed by atoms with Crippen molar-refractivity contribution in [1.29, 1.82) is 0 Å². The molecule has 2 rings (SSSR count). The number of carbonyl (C=O) groups is 1. The van der Waals surface area contributed by atoms with Crippen molar-refractivity contribution in [2.75, 3.05) is 11.9 Å². The fraction of sp³-hybridized carbons (Fsp3) is 0.0714. The van der Waals surface area contributed by atoms with Crippen molar-refractivity contribution in [3.8, 4) is 5.75 Å². The Labute approximate surface area is 130 Å². The number of benzene rings is 2. The summed E-state index contributed by atoms with van der Waals surface area (Å²) < 4.78 is 6.49. The zero-order valence-corrected chi connectivity index (χ0v) is 12.8. The van der Waals surface area contributed by atoms with Gasteiger partial charge in [-0.15, -0.1) is 0 Å². The summed E-state index contributed by atoms with van der Waals surface area (Å²) in [6, 6.07) is 14.6. The van der Waals surface area contributed by atoms with Crippen molar-refractivity contribution >= 4 is 45.8 Å². The van der Waals surface area contributed by atoms with Crippen LogP contribution in [0, 0.1) is 3.57 Å². The predicted octanol–water partition coefficient (Wildman–Crippen LogP) is 3.96. The van der Waals surface area contributed by atoms with E-state index in [1.54, 1.807) is 18.2 Å². The van der Waals surface area contributed by atoms with E-state index < -0.39 is 0 Å². The molecule has 1 N–H and O–H groups in total. The van der Waals surface area contributed by atoms with Gasteiger partial charge in [0.15, 0.2) is 6.61 Å². The van der Waals surface area contributed by atoms with Gasteiger partial charge in [0.05, 0.1) is 10.7 Å². The smallest absolute Gasteiger partial charge is 0.262 e. The van der Waals surface area contributed by atoms with E-state index in [1.165, 1.54) is 0 Å².